The molecule has 0 radical (unpaired) electrons. The first-order chi connectivity index (χ1) is 13.2. The highest BCUT2D eigenvalue weighted by atomic mass is 32.2. The summed E-state index contributed by atoms with van der Waals surface area (Å²) in [5.41, 5.74) is 1.95. The van der Waals surface area contributed by atoms with E-state index in [1.165, 1.54) is 4.90 Å². The summed E-state index contributed by atoms with van der Waals surface area (Å²) in [4.78, 5) is 13.4. The van der Waals surface area contributed by atoms with Crippen LogP contribution in [0.5, 0.6) is 5.75 Å². The molecule has 0 bridgehead atoms. The molecule has 0 atom stereocenters. The predicted molar refractivity (Wildman–Crippen MR) is 105 cm³/mol. The van der Waals surface area contributed by atoms with Gasteiger partial charge in [0.1, 0.15) is 5.75 Å². The van der Waals surface area contributed by atoms with Crippen molar-refractivity contribution in [3.8, 4) is 5.75 Å². The second-order valence-electron chi connectivity index (χ2n) is 5.83. The number of carbonyl (C=O) groups excluding carboxylic acids is 1. The first-order valence-corrected chi connectivity index (χ1v) is 9.61. The summed E-state index contributed by atoms with van der Waals surface area (Å²) >= 11 is 1.77. The number of aromatic nitrogens is 2. The third-order valence-corrected chi connectivity index (χ3v) is 4.72. The Kier molecular flexibility index (Phi) is 6.49. The van der Waals surface area contributed by atoms with Gasteiger partial charge in [-0.05, 0) is 41.1 Å². The van der Waals surface area contributed by atoms with Crippen molar-refractivity contribution >= 4 is 23.7 Å². The van der Waals surface area contributed by atoms with Crippen molar-refractivity contribution in [2.75, 3.05) is 18.2 Å². The van der Waals surface area contributed by atoms with Crippen molar-refractivity contribution in [1.29, 1.82) is 0 Å². The second-order valence-corrected chi connectivity index (χ2v) is 7.17. The standard InChI is InChI=1S/C20H21N3O3S/c1-3-27-17-10-6-14(7-11-17)12-18(24)21-20-23-22-19(26-20)13-15-4-8-16(25-2)9-5-15/h4-11H,3,12-13H2,1-2H3,(H,21,23,24). The van der Waals surface area contributed by atoms with Gasteiger partial charge in [-0.1, -0.05) is 36.3 Å². The van der Waals surface area contributed by atoms with E-state index in [-0.39, 0.29) is 18.3 Å². The summed E-state index contributed by atoms with van der Waals surface area (Å²) in [6, 6.07) is 15.7. The van der Waals surface area contributed by atoms with E-state index in [1.54, 1.807) is 18.9 Å². The molecule has 0 saturated carbocycles. The number of hydrogen-bond acceptors (Lipinski definition) is 6. The summed E-state index contributed by atoms with van der Waals surface area (Å²) in [6.07, 6.45) is 0.747. The number of nitrogens with zero attached hydrogens (tertiary/aromatic N) is 2. The summed E-state index contributed by atoms with van der Waals surface area (Å²) in [6.45, 7) is 2.11. The lowest BCUT2D eigenvalue weighted by molar-refractivity contribution is -0.115. The third kappa shape index (κ3) is 5.59. The van der Waals surface area contributed by atoms with Crippen LogP contribution < -0.4 is 10.1 Å². The third-order valence-electron chi connectivity index (χ3n) is 3.83. The summed E-state index contributed by atoms with van der Waals surface area (Å²) in [5.74, 6) is 2.07. The number of hydrogen-bond donors (Lipinski definition) is 1. The van der Waals surface area contributed by atoms with E-state index in [4.69, 9.17) is 9.15 Å². The monoisotopic (exact) mass is 383 g/mol. The maximum atomic E-state index is 12.2. The molecule has 0 fully saturated rings. The maximum Gasteiger partial charge on any atom is 0.322 e. The number of ether oxygens (including phenoxy) is 1. The molecule has 1 heterocycles. The van der Waals surface area contributed by atoms with E-state index in [0.717, 1.165) is 22.6 Å². The van der Waals surface area contributed by atoms with Gasteiger partial charge in [0.15, 0.2) is 0 Å². The van der Waals surface area contributed by atoms with Crippen molar-refractivity contribution in [1.82, 2.24) is 10.2 Å². The number of amides is 1. The highest BCUT2D eigenvalue weighted by molar-refractivity contribution is 7.99. The van der Waals surface area contributed by atoms with Crippen molar-refractivity contribution in [3.63, 3.8) is 0 Å². The molecule has 3 rings (SSSR count). The summed E-state index contributed by atoms with van der Waals surface area (Å²) in [5, 5.41) is 10.5. The maximum absolute atomic E-state index is 12.2. The number of rotatable bonds is 8. The van der Waals surface area contributed by atoms with Gasteiger partial charge in [-0.2, -0.15) is 0 Å². The van der Waals surface area contributed by atoms with Crippen LogP contribution in [0.3, 0.4) is 0 Å². The summed E-state index contributed by atoms with van der Waals surface area (Å²) < 4.78 is 10.6. The molecule has 0 aliphatic rings. The van der Waals surface area contributed by atoms with Gasteiger partial charge in [0, 0.05) is 4.90 Å². The lowest BCUT2D eigenvalue weighted by atomic mass is 10.1. The highest BCUT2D eigenvalue weighted by Crippen LogP contribution is 2.18. The Balaban J connectivity index is 1.53. The minimum atomic E-state index is -0.189. The minimum absolute atomic E-state index is 0.113. The first kappa shape index (κ1) is 19.0. The molecule has 1 aromatic heterocycles. The van der Waals surface area contributed by atoms with E-state index < -0.39 is 0 Å². The number of anilines is 1. The molecule has 0 spiro atoms. The van der Waals surface area contributed by atoms with Crippen molar-refractivity contribution in [3.05, 3.63) is 65.5 Å². The van der Waals surface area contributed by atoms with Gasteiger partial charge in [-0.3, -0.25) is 10.1 Å². The molecule has 0 aliphatic heterocycles. The Morgan fingerprint density at radius 2 is 1.78 bits per heavy atom. The SMILES string of the molecule is CCSc1ccc(CC(=O)Nc2nnc(Cc3ccc(OC)cc3)o2)cc1. The Hall–Kier alpha value is -2.80. The van der Waals surface area contributed by atoms with Gasteiger partial charge in [0.2, 0.25) is 11.8 Å². The molecule has 3 aromatic rings. The van der Waals surface area contributed by atoms with Crippen LogP contribution in [-0.4, -0.2) is 29.0 Å². The molecule has 1 amide bonds. The average molecular weight is 383 g/mol. The lowest BCUT2D eigenvalue weighted by Gasteiger charge is -2.03. The van der Waals surface area contributed by atoms with Gasteiger partial charge in [0.05, 0.1) is 20.0 Å². The quantitative estimate of drug-likeness (QED) is 0.593. The Morgan fingerprint density at radius 3 is 2.44 bits per heavy atom. The fraction of sp³-hybridized carbons (Fsp3) is 0.250. The Labute approximate surface area is 162 Å². The summed E-state index contributed by atoms with van der Waals surface area (Å²) in [7, 11) is 1.63. The second kappa shape index (κ2) is 9.23. The van der Waals surface area contributed by atoms with Crippen LogP contribution in [0.4, 0.5) is 6.01 Å². The molecule has 140 valence electrons. The van der Waals surface area contributed by atoms with E-state index in [2.05, 4.69) is 22.4 Å². The van der Waals surface area contributed by atoms with Crippen LogP contribution in [0, 0.1) is 0 Å². The number of benzene rings is 2. The Bertz CT molecular complexity index is 876. The van der Waals surface area contributed by atoms with Crippen LogP contribution in [0.25, 0.3) is 0 Å². The molecular weight excluding hydrogens is 362 g/mol. The zero-order chi connectivity index (χ0) is 19.1. The van der Waals surface area contributed by atoms with Crippen LogP contribution in [-0.2, 0) is 17.6 Å². The van der Waals surface area contributed by atoms with Gasteiger partial charge in [0.25, 0.3) is 0 Å². The fourth-order valence-electron chi connectivity index (χ4n) is 2.51. The number of nitrogens with one attached hydrogen (secondary N) is 1. The number of carbonyl (C=O) groups is 1. The largest absolute Gasteiger partial charge is 0.497 e. The normalized spacial score (nSPS) is 10.6. The van der Waals surface area contributed by atoms with E-state index in [0.29, 0.717) is 12.3 Å². The van der Waals surface area contributed by atoms with Crippen molar-refractivity contribution < 1.29 is 13.9 Å². The molecule has 1 N–H and O–H groups in total. The molecular formula is C20H21N3O3S. The van der Waals surface area contributed by atoms with Gasteiger partial charge < -0.3 is 9.15 Å². The predicted octanol–water partition coefficient (Wildman–Crippen LogP) is 3.96. The molecule has 6 nitrogen and oxygen atoms in total. The van der Waals surface area contributed by atoms with E-state index >= 15 is 0 Å². The van der Waals surface area contributed by atoms with Crippen LogP contribution in [0.1, 0.15) is 23.9 Å². The fourth-order valence-corrected chi connectivity index (χ4v) is 3.17. The molecule has 2 aromatic carbocycles. The van der Waals surface area contributed by atoms with Gasteiger partial charge >= 0.3 is 6.01 Å². The topological polar surface area (TPSA) is 77.2 Å². The molecule has 0 saturated heterocycles. The zero-order valence-corrected chi connectivity index (χ0v) is 16.1. The Morgan fingerprint density at radius 1 is 1.07 bits per heavy atom. The van der Waals surface area contributed by atoms with E-state index in [1.807, 2.05) is 48.5 Å². The lowest BCUT2D eigenvalue weighted by Crippen LogP contribution is -2.14. The molecule has 0 unspecified atom stereocenters. The van der Waals surface area contributed by atoms with Crippen molar-refractivity contribution in [2.45, 2.75) is 24.7 Å². The van der Waals surface area contributed by atoms with Gasteiger partial charge in [-0.25, -0.2) is 0 Å². The van der Waals surface area contributed by atoms with Crippen molar-refractivity contribution in [2.24, 2.45) is 0 Å². The average Bonchev–Trinajstić information content (AvgIpc) is 3.11. The minimum Gasteiger partial charge on any atom is -0.497 e. The molecule has 7 heteroatoms. The number of thioether (sulfide) groups is 1. The smallest absolute Gasteiger partial charge is 0.322 e. The zero-order valence-electron chi connectivity index (χ0n) is 15.3. The highest BCUT2D eigenvalue weighted by Gasteiger charge is 2.11. The van der Waals surface area contributed by atoms with Crippen LogP contribution in [0.15, 0.2) is 57.8 Å². The van der Waals surface area contributed by atoms with Crippen LogP contribution in [0.2, 0.25) is 0 Å². The number of methoxy groups -OCH3 is 1. The first-order valence-electron chi connectivity index (χ1n) is 8.63. The molecule has 27 heavy (non-hydrogen) atoms. The van der Waals surface area contributed by atoms with E-state index in [9.17, 15) is 4.79 Å². The van der Waals surface area contributed by atoms with Gasteiger partial charge in [-0.15, -0.1) is 16.9 Å². The molecule has 0 aliphatic carbocycles. The van der Waals surface area contributed by atoms with Crippen LogP contribution >= 0.6 is 11.8 Å².